The van der Waals surface area contributed by atoms with E-state index in [1.54, 1.807) is 19.4 Å². The smallest absolute Gasteiger partial charge is 0.154 e. The fourth-order valence-electron chi connectivity index (χ4n) is 2.07. The number of hydrogen-bond donors (Lipinski definition) is 0. The van der Waals surface area contributed by atoms with Crippen LogP contribution in [0.4, 0.5) is 0 Å². The second kappa shape index (κ2) is 6.21. The van der Waals surface area contributed by atoms with Gasteiger partial charge in [-0.3, -0.25) is 4.98 Å². The molecule has 1 aromatic heterocycles. The second-order valence-electron chi connectivity index (χ2n) is 4.81. The number of rotatable bonds is 4. The Morgan fingerprint density at radius 3 is 2.55 bits per heavy atom. The quantitative estimate of drug-likeness (QED) is 0.835. The van der Waals surface area contributed by atoms with E-state index >= 15 is 0 Å². The summed E-state index contributed by atoms with van der Waals surface area (Å²) in [6, 6.07) is 12.3. The van der Waals surface area contributed by atoms with E-state index in [1.165, 1.54) is 5.56 Å². The molecule has 0 fully saturated rings. The lowest BCUT2D eigenvalue weighted by molar-refractivity contribution is 0.411. The second-order valence-corrected chi connectivity index (χ2v) is 4.81. The summed E-state index contributed by atoms with van der Waals surface area (Å²) in [7, 11) is 1.54. The lowest BCUT2D eigenvalue weighted by atomic mass is 9.97. The molecule has 1 unspecified atom stereocenters. The number of nitrogens with zero attached hydrogens (tertiary/aromatic N) is 2. The molecule has 1 aromatic carbocycles. The van der Waals surface area contributed by atoms with Gasteiger partial charge in [0.1, 0.15) is 6.07 Å². The van der Waals surface area contributed by atoms with Crippen LogP contribution < -0.4 is 4.74 Å². The van der Waals surface area contributed by atoms with Gasteiger partial charge in [-0.1, -0.05) is 38.1 Å². The Balaban J connectivity index is 2.35. The van der Waals surface area contributed by atoms with Gasteiger partial charge in [-0.15, -0.1) is 0 Å². The third-order valence-electron chi connectivity index (χ3n) is 3.60. The Labute approximate surface area is 119 Å². The maximum atomic E-state index is 9.11. The summed E-state index contributed by atoms with van der Waals surface area (Å²) in [6.45, 7) is 4.40. The zero-order valence-corrected chi connectivity index (χ0v) is 12.1. The van der Waals surface area contributed by atoms with Gasteiger partial charge >= 0.3 is 0 Å². The summed E-state index contributed by atoms with van der Waals surface area (Å²) in [5.41, 5.74) is 3.63. The Bertz CT molecular complexity index is 626. The third-order valence-corrected chi connectivity index (χ3v) is 3.60. The molecule has 0 aliphatic rings. The van der Waals surface area contributed by atoms with Gasteiger partial charge in [-0.05, 0) is 24.0 Å². The fourth-order valence-corrected chi connectivity index (χ4v) is 2.07. The van der Waals surface area contributed by atoms with E-state index in [0.29, 0.717) is 17.2 Å². The summed E-state index contributed by atoms with van der Waals surface area (Å²) < 4.78 is 5.11. The summed E-state index contributed by atoms with van der Waals surface area (Å²) in [5.74, 6) is 1.06. The van der Waals surface area contributed by atoms with Crippen LogP contribution in [0.2, 0.25) is 0 Å². The number of pyridine rings is 1. The van der Waals surface area contributed by atoms with Crippen molar-refractivity contribution in [2.75, 3.05) is 7.11 Å². The summed E-state index contributed by atoms with van der Waals surface area (Å²) >= 11 is 0. The highest BCUT2D eigenvalue weighted by atomic mass is 16.5. The summed E-state index contributed by atoms with van der Waals surface area (Å²) in [5, 5.41) is 9.11. The predicted molar refractivity (Wildman–Crippen MR) is 79.6 cm³/mol. The van der Waals surface area contributed by atoms with Crippen molar-refractivity contribution < 1.29 is 4.74 Å². The molecule has 0 aliphatic heterocycles. The maximum Gasteiger partial charge on any atom is 0.154 e. The highest BCUT2D eigenvalue weighted by Crippen LogP contribution is 2.26. The normalized spacial score (nSPS) is 11.7. The van der Waals surface area contributed by atoms with Crippen molar-refractivity contribution in [3.63, 3.8) is 0 Å². The number of benzene rings is 1. The standard InChI is InChI=1S/C17H18N2O/c1-4-12(2)13-5-7-14(8-6-13)16-9-15(10-18)17(20-3)11-19-16/h5-9,11-12H,4H2,1-3H3. The minimum absolute atomic E-state index is 0.503. The van der Waals surface area contributed by atoms with E-state index in [4.69, 9.17) is 10.00 Å². The molecule has 2 rings (SSSR count). The van der Waals surface area contributed by atoms with Gasteiger partial charge in [0.2, 0.25) is 0 Å². The first-order valence-corrected chi connectivity index (χ1v) is 6.74. The Morgan fingerprint density at radius 1 is 1.30 bits per heavy atom. The van der Waals surface area contributed by atoms with Crippen molar-refractivity contribution in [3.8, 4) is 23.1 Å². The molecule has 0 aliphatic carbocycles. The van der Waals surface area contributed by atoms with E-state index in [2.05, 4.69) is 49.2 Å². The molecule has 20 heavy (non-hydrogen) atoms. The zero-order valence-electron chi connectivity index (χ0n) is 12.1. The van der Waals surface area contributed by atoms with Crippen LogP contribution in [0.25, 0.3) is 11.3 Å². The topological polar surface area (TPSA) is 45.9 Å². The van der Waals surface area contributed by atoms with Crippen LogP contribution in [-0.4, -0.2) is 12.1 Å². The van der Waals surface area contributed by atoms with Crippen molar-refractivity contribution in [1.82, 2.24) is 4.98 Å². The maximum absolute atomic E-state index is 9.11. The van der Waals surface area contributed by atoms with Gasteiger partial charge in [0.15, 0.2) is 5.75 Å². The van der Waals surface area contributed by atoms with E-state index < -0.39 is 0 Å². The van der Waals surface area contributed by atoms with Crippen LogP contribution in [-0.2, 0) is 0 Å². The van der Waals surface area contributed by atoms with Gasteiger partial charge in [-0.2, -0.15) is 5.26 Å². The number of hydrogen-bond acceptors (Lipinski definition) is 3. The monoisotopic (exact) mass is 266 g/mol. The molecule has 0 bridgehead atoms. The Hall–Kier alpha value is -2.34. The molecule has 0 spiro atoms. The van der Waals surface area contributed by atoms with Crippen molar-refractivity contribution in [1.29, 1.82) is 5.26 Å². The molecule has 0 saturated heterocycles. The van der Waals surface area contributed by atoms with Crippen LogP contribution in [0, 0.1) is 11.3 Å². The number of ether oxygens (including phenoxy) is 1. The third kappa shape index (κ3) is 2.80. The van der Waals surface area contributed by atoms with Gasteiger partial charge in [0.05, 0.1) is 24.6 Å². The van der Waals surface area contributed by atoms with Crippen molar-refractivity contribution in [2.45, 2.75) is 26.2 Å². The molecular formula is C17H18N2O. The first kappa shape index (κ1) is 14.1. The van der Waals surface area contributed by atoms with Gasteiger partial charge in [-0.25, -0.2) is 0 Å². The first-order valence-electron chi connectivity index (χ1n) is 6.74. The molecule has 102 valence electrons. The molecule has 1 atom stereocenters. The van der Waals surface area contributed by atoms with E-state index in [1.807, 2.05) is 0 Å². The molecule has 0 saturated carbocycles. The van der Waals surface area contributed by atoms with Crippen LogP contribution in [0.5, 0.6) is 5.75 Å². The van der Waals surface area contributed by atoms with Crippen LogP contribution in [0.1, 0.15) is 37.3 Å². The highest BCUT2D eigenvalue weighted by Gasteiger charge is 2.08. The minimum Gasteiger partial charge on any atom is -0.494 e. The largest absolute Gasteiger partial charge is 0.494 e. The average Bonchev–Trinajstić information content (AvgIpc) is 2.53. The fraction of sp³-hybridized carbons (Fsp3) is 0.294. The summed E-state index contributed by atoms with van der Waals surface area (Å²) in [6.07, 6.45) is 2.72. The number of methoxy groups -OCH3 is 1. The summed E-state index contributed by atoms with van der Waals surface area (Å²) in [4.78, 5) is 4.35. The van der Waals surface area contributed by atoms with Gasteiger partial charge in [0, 0.05) is 5.56 Å². The molecule has 0 amide bonds. The molecule has 1 heterocycles. The van der Waals surface area contributed by atoms with Crippen LogP contribution in [0.15, 0.2) is 36.5 Å². The zero-order chi connectivity index (χ0) is 14.5. The molecule has 2 aromatic rings. The minimum atomic E-state index is 0.503. The lowest BCUT2D eigenvalue weighted by Crippen LogP contribution is -1.93. The predicted octanol–water partition coefficient (Wildman–Crippen LogP) is 4.14. The van der Waals surface area contributed by atoms with Crippen LogP contribution >= 0.6 is 0 Å². The van der Waals surface area contributed by atoms with E-state index in [0.717, 1.165) is 17.7 Å². The van der Waals surface area contributed by atoms with Crippen molar-refractivity contribution >= 4 is 0 Å². The van der Waals surface area contributed by atoms with Crippen LogP contribution in [0.3, 0.4) is 0 Å². The van der Waals surface area contributed by atoms with E-state index in [-0.39, 0.29) is 0 Å². The van der Waals surface area contributed by atoms with Gasteiger partial charge < -0.3 is 4.74 Å². The number of nitriles is 1. The molecule has 3 nitrogen and oxygen atoms in total. The van der Waals surface area contributed by atoms with Gasteiger partial charge in [0.25, 0.3) is 0 Å². The van der Waals surface area contributed by atoms with E-state index in [9.17, 15) is 0 Å². The Kier molecular flexibility index (Phi) is 4.37. The molecule has 3 heteroatoms. The Morgan fingerprint density at radius 2 is 2.00 bits per heavy atom. The highest BCUT2D eigenvalue weighted by molar-refractivity contribution is 5.63. The van der Waals surface area contributed by atoms with Crippen molar-refractivity contribution in [2.24, 2.45) is 0 Å². The number of aromatic nitrogens is 1. The molecule has 0 radical (unpaired) electrons. The molecular weight excluding hydrogens is 248 g/mol. The first-order chi connectivity index (χ1) is 9.69. The lowest BCUT2D eigenvalue weighted by Gasteiger charge is -2.10. The SMILES string of the molecule is CCC(C)c1ccc(-c2cc(C#N)c(OC)cn2)cc1. The average molecular weight is 266 g/mol. The van der Waals surface area contributed by atoms with Crippen molar-refractivity contribution in [3.05, 3.63) is 47.7 Å². The molecule has 0 N–H and O–H groups in total.